The number of hydrogen-bond acceptors (Lipinski definition) is 4. The second-order valence-corrected chi connectivity index (χ2v) is 4.39. The van der Waals surface area contributed by atoms with Crippen LogP contribution in [0.1, 0.15) is 24.6 Å². The maximum Gasteiger partial charge on any atom is 0.212 e. The Morgan fingerprint density at radius 2 is 2.16 bits per heavy atom. The standard InChI is InChI=1S/C14H20N4O/c1-3-6-18-11-16-10-13(18)9-15-7-12-4-5-14(19-2)17-8-12/h4-5,8,10-11,15H,3,6-7,9H2,1-2H3. The highest BCUT2D eigenvalue weighted by Crippen LogP contribution is 2.07. The Labute approximate surface area is 113 Å². The first kappa shape index (κ1) is 13.5. The molecular formula is C14H20N4O. The summed E-state index contributed by atoms with van der Waals surface area (Å²) < 4.78 is 7.21. The third-order valence-electron chi connectivity index (χ3n) is 2.91. The molecule has 5 nitrogen and oxygen atoms in total. The lowest BCUT2D eigenvalue weighted by Crippen LogP contribution is -2.15. The van der Waals surface area contributed by atoms with E-state index in [-0.39, 0.29) is 0 Å². The molecule has 0 aromatic carbocycles. The van der Waals surface area contributed by atoms with Crippen LogP contribution in [-0.4, -0.2) is 21.6 Å². The van der Waals surface area contributed by atoms with E-state index in [9.17, 15) is 0 Å². The molecule has 0 atom stereocenters. The van der Waals surface area contributed by atoms with E-state index >= 15 is 0 Å². The Bertz CT molecular complexity index is 492. The minimum atomic E-state index is 0.643. The van der Waals surface area contributed by atoms with E-state index in [1.165, 1.54) is 5.69 Å². The smallest absolute Gasteiger partial charge is 0.212 e. The van der Waals surface area contributed by atoms with E-state index in [2.05, 4.69) is 26.8 Å². The van der Waals surface area contributed by atoms with Crippen LogP contribution in [-0.2, 0) is 19.6 Å². The Balaban J connectivity index is 1.83. The van der Waals surface area contributed by atoms with E-state index < -0.39 is 0 Å². The fourth-order valence-electron chi connectivity index (χ4n) is 1.91. The zero-order valence-corrected chi connectivity index (χ0v) is 11.5. The highest BCUT2D eigenvalue weighted by molar-refractivity contribution is 5.17. The predicted octanol–water partition coefficient (Wildman–Crippen LogP) is 1.99. The van der Waals surface area contributed by atoms with Gasteiger partial charge in [0.2, 0.25) is 5.88 Å². The monoisotopic (exact) mass is 260 g/mol. The molecule has 0 aliphatic rings. The van der Waals surface area contributed by atoms with Crippen LogP contribution in [0.15, 0.2) is 30.9 Å². The molecule has 1 N–H and O–H groups in total. The second kappa shape index (κ2) is 6.89. The molecule has 0 aliphatic carbocycles. The molecule has 0 unspecified atom stereocenters. The number of hydrogen-bond donors (Lipinski definition) is 1. The fraction of sp³-hybridized carbons (Fsp3) is 0.429. The summed E-state index contributed by atoms with van der Waals surface area (Å²) in [6.45, 7) is 4.78. The molecule has 2 aromatic heterocycles. The van der Waals surface area contributed by atoms with Gasteiger partial charge in [0.15, 0.2) is 0 Å². The summed E-state index contributed by atoms with van der Waals surface area (Å²) in [4.78, 5) is 8.36. The molecule has 5 heteroatoms. The number of nitrogens with one attached hydrogen (secondary N) is 1. The van der Waals surface area contributed by atoms with Gasteiger partial charge in [-0.05, 0) is 12.0 Å². The van der Waals surface area contributed by atoms with Crippen molar-refractivity contribution in [2.45, 2.75) is 33.0 Å². The van der Waals surface area contributed by atoms with Crippen molar-refractivity contribution in [1.82, 2.24) is 19.9 Å². The number of aryl methyl sites for hydroxylation is 1. The van der Waals surface area contributed by atoms with Crippen molar-refractivity contribution >= 4 is 0 Å². The third-order valence-corrected chi connectivity index (χ3v) is 2.91. The molecular weight excluding hydrogens is 240 g/mol. The van der Waals surface area contributed by atoms with Gasteiger partial charge >= 0.3 is 0 Å². The van der Waals surface area contributed by atoms with Gasteiger partial charge in [-0.2, -0.15) is 0 Å². The van der Waals surface area contributed by atoms with Crippen molar-refractivity contribution in [3.63, 3.8) is 0 Å². The molecule has 102 valence electrons. The van der Waals surface area contributed by atoms with Crippen LogP contribution in [0.25, 0.3) is 0 Å². The summed E-state index contributed by atoms with van der Waals surface area (Å²) in [6, 6.07) is 3.89. The maximum absolute atomic E-state index is 5.03. The van der Waals surface area contributed by atoms with Gasteiger partial charge in [0.25, 0.3) is 0 Å². The van der Waals surface area contributed by atoms with Crippen molar-refractivity contribution in [2.75, 3.05) is 7.11 Å². The van der Waals surface area contributed by atoms with Crippen molar-refractivity contribution < 1.29 is 4.74 Å². The largest absolute Gasteiger partial charge is 0.481 e. The lowest BCUT2D eigenvalue weighted by Gasteiger charge is -2.08. The average Bonchev–Trinajstić information content (AvgIpc) is 2.88. The summed E-state index contributed by atoms with van der Waals surface area (Å²) in [6.07, 6.45) is 6.74. The number of nitrogens with zero attached hydrogens (tertiary/aromatic N) is 3. The molecule has 19 heavy (non-hydrogen) atoms. The van der Waals surface area contributed by atoms with Crippen LogP contribution < -0.4 is 10.1 Å². The summed E-state index contributed by atoms with van der Waals surface area (Å²) in [5.74, 6) is 0.643. The Hall–Kier alpha value is -1.88. The molecule has 2 rings (SSSR count). The Morgan fingerprint density at radius 1 is 1.26 bits per heavy atom. The van der Waals surface area contributed by atoms with Gasteiger partial charge in [0.05, 0.1) is 19.1 Å². The number of imidazole rings is 1. The minimum absolute atomic E-state index is 0.643. The topological polar surface area (TPSA) is 52.0 Å². The van der Waals surface area contributed by atoms with Crippen LogP contribution in [0.2, 0.25) is 0 Å². The van der Waals surface area contributed by atoms with Crippen molar-refractivity contribution in [3.05, 3.63) is 42.1 Å². The summed E-state index contributed by atoms with van der Waals surface area (Å²) in [5, 5.41) is 3.40. The van der Waals surface area contributed by atoms with Crippen molar-refractivity contribution in [3.8, 4) is 5.88 Å². The van der Waals surface area contributed by atoms with Gasteiger partial charge in [-0.25, -0.2) is 9.97 Å². The van der Waals surface area contributed by atoms with Crippen LogP contribution >= 0.6 is 0 Å². The van der Waals surface area contributed by atoms with Crippen LogP contribution in [0.5, 0.6) is 5.88 Å². The molecule has 0 fully saturated rings. The van der Waals surface area contributed by atoms with Gasteiger partial charge in [0, 0.05) is 38.1 Å². The number of methoxy groups -OCH3 is 1. The predicted molar refractivity (Wildman–Crippen MR) is 73.9 cm³/mol. The van der Waals surface area contributed by atoms with E-state index in [0.29, 0.717) is 5.88 Å². The first-order valence-electron chi connectivity index (χ1n) is 6.52. The SMILES string of the molecule is CCCn1cncc1CNCc1ccc(OC)nc1. The van der Waals surface area contributed by atoms with Gasteiger partial charge in [0.1, 0.15) is 0 Å². The van der Waals surface area contributed by atoms with Gasteiger partial charge < -0.3 is 14.6 Å². The summed E-state index contributed by atoms with van der Waals surface area (Å²) in [5.41, 5.74) is 2.35. The van der Waals surface area contributed by atoms with Gasteiger partial charge in [-0.15, -0.1) is 0 Å². The molecule has 2 aromatic rings. The molecule has 2 heterocycles. The van der Waals surface area contributed by atoms with Crippen LogP contribution in [0.4, 0.5) is 0 Å². The van der Waals surface area contributed by atoms with Crippen LogP contribution in [0.3, 0.4) is 0 Å². The van der Waals surface area contributed by atoms with Gasteiger partial charge in [-0.3, -0.25) is 0 Å². The number of rotatable bonds is 7. The molecule has 0 bridgehead atoms. The third kappa shape index (κ3) is 3.79. The first-order valence-corrected chi connectivity index (χ1v) is 6.52. The molecule has 0 saturated heterocycles. The summed E-state index contributed by atoms with van der Waals surface area (Å²) in [7, 11) is 1.62. The lowest BCUT2D eigenvalue weighted by atomic mass is 10.3. The Morgan fingerprint density at radius 3 is 2.84 bits per heavy atom. The maximum atomic E-state index is 5.03. The highest BCUT2D eigenvalue weighted by atomic mass is 16.5. The summed E-state index contributed by atoms with van der Waals surface area (Å²) >= 11 is 0. The van der Waals surface area contributed by atoms with E-state index in [4.69, 9.17) is 4.74 Å². The number of aromatic nitrogens is 3. The molecule has 0 amide bonds. The number of ether oxygens (including phenoxy) is 1. The fourth-order valence-corrected chi connectivity index (χ4v) is 1.91. The van der Waals surface area contributed by atoms with E-state index in [1.807, 2.05) is 30.9 Å². The van der Waals surface area contributed by atoms with Crippen molar-refractivity contribution in [2.24, 2.45) is 0 Å². The first-order chi connectivity index (χ1) is 9.33. The highest BCUT2D eigenvalue weighted by Gasteiger charge is 2.01. The quantitative estimate of drug-likeness (QED) is 0.827. The molecule has 0 saturated carbocycles. The van der Waals surface area contributed by atoms with E-state index in [1.54, 1.807) is 7.11 Å². The zero-order chi connectivity index (χ0) is 13.5. The Kier molecular flexibility index (Phi) is 4.92. The second-order valence-electron chi connectivity index (χ2n) is 4.39. The number of pyridine rings is 1. The zero-order valence-electron chi connectivity index (χ0n) is 11.5. The van der Waals surface area contributed by atoms with Gasteiger partial charge in [-0.1, -0.05) is 13.0 Å². The molecule has 0 aliphatic heterocycles. The van der Waals surface area contributed by atoms with E-state index in [0.717, 1.165) is 31.6 Å². The van der Waals surface area contributed by atoms with Crippen LogP contribution in [0, 0.1) is 0 Å². The minimum Gasteiger partial charge on any atom is -0.481 e. The lowest BCUT2D eigenvalue weighted by molar-refractivity contribution is 0.397. The average molecular weight is 260 g/mol. The normalized spacial score (nSPS) is 10.6. The molecule has 0 spiro atoms. The van der Waals surface area contributed by atoms with Crippen molar-refractivity contribution in [1.29, 1.82) is 0 Å². The molecule has 0 radical (unpaired) electrons.